The molecule has 1 aromatic carbocycles. The van der Waals surface area contributed by atoms with E-state index in [-0.39, 0.29) is 19.0 Å². The average Bonchev–Trinajstić information content (AvgIpc) is 3.52. The predicted molar refractivity (Wildman–Crippen MR) is 105 cm³/mol. The molecular formula is C19H18N6O3S. The first-order chi connectivity index (χ1) is 14.3. The van der Waals surface area contributed by atoms with Gasteiger partial charge in [-0.05, 0) is 16.7 Å². The fourth-order valence-electron chi connectivity index (χ4n) is 2.58. The number of nitrogens with zero attached hydrogens (tertiary/aromatic N) is 6. The van der Waals surface area contributed by atoms with Crippen molar-refractivity contribution in [1.29, 1.82) is 0 Å². The predicted octanol–water partition coefficient (Wildman–Crippen LogP) is 3.02. The van der Waals surface area contributed by atoms with Gasteiger partial charge < -0.3 is 9.26 Å². The molecule has 4 rings (SSSR count). The maximum absolute atomic E-state index is 11.9. The Labute approximate surface area is 170 Å². The second kappa shape index (κ2) is 9.20. The third-order valence-electron chi connectivity index (χ3n) is 4.04. The molecule has 0 bridgehead atoms. The Kier molecular flexibility index (Phi) is 6.01. The molecule has 0 saturated heterocycles. The number of aryl methyl sites for hydroxylation is 2. The van der Waals surface area contributed by atoms with E-state index in [0.717, 1.165) is 11.1 Å². The number of hydrogen-bond acceptors (Lipinski definition) is 9. The molecule has 0 spiro atoms. The van der Waals surface area contributed by atoms with Gasteiger partial charge in [0.25, 0.3) is 0 Å². The number of aromatic nitrogens is 6. The Morgan fingerprint density at radius 1 is 1.14 bits per heavy atom. The lowest BCUT2D eigenvalue weighted by Gasteiger charge is -2.03. The summed E-state index contributed by atoms with van der Waals surface area (Å²) in [6, 6.07) is 11.6. The molecule has 0 atom stereocenters. The van der Waals surface area contributed by atoms with Crippen LogP contribution in [0.1, 0.15) is 18.7 Å². The first-order valence-electron chi connectivity index (χ1n) is 9.12. The molecule has 3 heterocycles. The Bertz CT molecular complexity index is 1050. The van der Waals surface area contributed by atoms with Crippen molar-refractivity contribution in [3.63, 3.8) is 0 Å². The van der Waals surface area contributed by atoms with E-state index in [2.05, 4.69) is 25.6 Å². The summed E-state index contributed by atoms with van der Waals surface area (Å²) in [7, 11) is 0. The summed E-state index contributed by atoms with van der Waals surface area (Å²) in [5.41, 5.74) is 1.82. The quantitative estimate of drug-likeness (QED) is 0.306. The Hall–Kier alpha value is -3.40. The van der Waals surface area contributed by atoms with Crippen LogP contribution in [0, 0.1) is 0 Å². The van der Waals surface area contributed by atoms with E-state index in [0.29, 0.717) is 36.9 Å². The molecule has 0 fully saturated rings. The lowest BCUT2D eigenvalue weighted by Crippen LogP contribution is -2.10. The van der Waals surface area contributed by atoms with Crippen molar-refractivity contribution in [1.82, 2.24) is 30.3 Å². The summed E-state index contributed by atoms with van der Waals surface area (Å²) in [5, 5.41) is 20.2. The van der Waals surface area contributed by atoms with Gasteiger partial charge in [0.05, 0.1) is 19.6 Å². The van der Waals surface area contributed by atoms with Crippen LogP contribution < -0.4 is 0 Å². The molecule has 0 N–H and O–H groups in total. The molecule has 4 aromatic rings. The summed E-state index contributed by atoms with van der Waals surface area (Å²) in [6.07, 6.45) is 1.13. The van der Waals surface area contributed by atoms with E-state index in [1.54, 1.807) is 11.3 Å². The molecule has 3 aromatic heterocycles. The number of carbonyl (C=O) groups is 1. The number of rotatable bonds is 9. The third kappa shape index (κ3) is 5.11. The highest BCUT2D eigenvalue weighted by Gasteiger charge is 2.12. The zero-order chi connectivity index (χ0) is 19.9. The summed E-state index contributed by atoms with van der Waals surface area (Å²) in [4.78, 5) is 17.7. The molecule has 0 unspecified atom stereocenters. The van der Waals surface area contributed by atoms with Crippen LogP contribution in [0.5, 0.6) is 0 Å². The fourth-order valence-corrected chi connectivity index (χ4v) is 3.21. The number of ether oxygens (including phenoxy) is 1. The van der Waals surface area contributed by atoms with Gasteiger partial charge >= 0.3 is 5.97 Å². The molecule has 0 aliphatic heterocycles. The average molecular weight is 410 g/mol. The van der Waals surface area contributed by atoms with Crippen LogP contribution in [-0.2, 0) is 22.5 Å². The van der Waals surface area contributed by atoms with Gasteiger partial charge in [-0.2, -0.15) is 21.1 Å². The maximum Gasteiger partial charge on any atom is 0.306 e. The molecule has 148 valence electrons. The molecule has 0 aliphatic rings. The second-order valence-corrected chi connectivity index (χ2v) is 6.95. The van der Waals surface area contributed by atoms with Crippen molar-refractivity contribution < 1.29 is 14.1 Å². The topological polar surface area (TPSA) is 109 Å². The van der Waals surface area contributed by atoms with Crippen molar-refractivity contribution in [2.45, 2.75) is 25.8 Å². The van der Waals surface area contributed by atoms with Crippen molar-refractivity contribution in [2.75, 3.05) is 6.61 Å². The van der Waals surface area contributed by atoms with E-state index in [4.69, 9.17) is 9.26 Å². The number of thiophene rings is 1. The molecule has 0 saturated carbocycles. The van der Waals surface area contributed by atoms with Crippen molar-refractivity contribution >= 4 is 17.3 Å². The van der Waals surface area contributed by atoms with Gasteiger partial charge in [0.1, 0.15) is 0 Å². The fraction of sp³-hybridized carbons (Fsp3) is 0.263. The van der Waals surface area contributed by atoms with Crippen molar-refractivity contribution in [2.24, 2.45) is 0 Å². The maximum atomic E-state index is 11.9. The monoisotopic (exact) mass is 410 g/mol. The van der Waals surface area contributed by atoms with Crippen LogP contribution in [-0.4, -0.2) is 42.9 Å². The van der Waals surface area contributed by atoms with Gasteiger partial charge in [0.2, 0.25) is 17.5 Å². The summed E-state index contributed by atoms with van der Waals surface area (Å²) in [5.74, 6) is 1.22. The third-order valence-corrected chi connectivity index (χ3v) is 4.72. The molecule has 10 heteroatoms. The van der Waals surface area contributed by atoms with Crippen LogP contribution in [0.25, 0.3) is 22.8 Å². The highest BCUT2D eigenvalue weighted by Crippen LogP contribution is 2.19. The lowest BCUT2D eigenvalue weighted by molar-refractivity contribution is -0.143. The van der Waals surface area contributed by atoms with Gasteiger partial charge in [-0.1, -0.05) is 35.5 Å². The van der Waals surface area contributed by atoms with E-state index in [9.17, 15) is 4.79 Å². The second-order valence-electron chi connectivity index (χ2n) is 6.17. The normalized spacial score (nSPS) is 10.9. The first kappa shape index (κ1) is 18.9. The van der Waals surface area contributed by atoms with Gasteiger partial charge in [-0.15, -0.1) is 10.2 Å². The van der Waals surface area contributed by atoms with Gasteiger partial charge in [0.15, 0.2) is 0 Å². The molecule has 0 radical (unpaired) electrons. The number of hydrogen-bond donors (Lipinski definition) is 0. The summed E-state index contributed by atoms with van der Waals surface area (Å²) >= 11 is 1.56. The van der Waals surface area contributed by atoms with E-state index in [1.165, 1.54) is 4.80 Å². The van der Waals surface area contributed by atoms with Crippen molar-refractivity contribution in [3.05, 3.63) is 53.0 Å². The molecular weight excluding hydrogens is 392 g/mol. The van der Waals surface area contributed by atoms with E-state index in [1.807, 2.05) is 47.2 Å². The van der Waals surface area contributed by atoms with Gasteiger partial charge in [0, 0.05) is 29.3 Å². The standard InChI is InChI=1S/C19H18N6O3S/c26-17(8-7-16-20-18(23-28-16)15-9-12-29-13-15)27-11-4-10-25-22-19(21-24-25)14-5-2-1-3-6-14/h1-3,5-6,9,12-13H,4,7-8,10-11H2. The molecule has 0 amide bonds. The Morgan fingerprint density at radius 3 is 2.86 bits per heavy atom. The largest absolute Gasteiger partial charge is 0.466 e. The highest BCUT2D eigenvalue weighted by atomic mass is 32.1. The summed E-state index contributed by atoms with van der Waals surface area (Å²) in [6.45, 7) is 0.797. The molecule has 9 nitrogen and oxygen atoms in total. The minimum atomic E-state index is -0.309. The Balaban J connectivity index is 1.16. The Morgan fingerprint density at radius 2 is 2.03 bits per heavy atom. The highest BCUT2D eigenvalue weighted by molar-refractivity contribution is 7.08. The van der Waals surface area contributed by atoms with Crippen LogP contribution in [0.4, 0.5) is 0 Å². The van der Waals surface area contributed by atoms with E-state index >= 15 is 0 Å². The SMILES string of the molecule is O=C(CCc1nc(-c2ccsc2)no1)OCCCn1nnc(-c2ccccc2)n1. The number of tetrazole rings is 1. The van der Waals surface area contributed by atoms with Crippen molar-refractivity contribution in [3.8, 4) is 22.8 Å². The number of carbonyl (C=O) groups excluding carboxylic acids is 1. The van der Waals surface area contributed by atoms with Crippen LogP contribution in [0.15, 0.2) is 51.7 Å². The summed E-state index contributed by atoms with van der Waals surface area (Å²) < 4.78 is 10.4. The number of benzene rings is 1. The van der Waals surface area contributed by atoms with Gasteiger partial charge in [-0.3, -0.25) is 4.79 Å². The van der Waals surface area contributed by atoms with Crippen LogP contribution >= 0.6 is 11.3 Å². The van der Waals surface area contributed by atoms with Crippen LogP contribution in [0.3, 0.4) is 0 Å². The number of esters is 1. The minimum Gasteiger partial charge on any atom is -0.466 e. The van der Waals surface area contributed by atoms with Gasteiger partial charge in [-0.25, -0.2) is 0 Å². The van der Waals surface area contributed by atoms with Crippen LogP contribution in [0.2, 0.25) is 0 Å². The first-order valence-corrected chi connectivity index (χ1v) is 10.1. The zero-order valence-corrected chi connectivity index (χ0v) is 16.3. The zero-order valence-electron chi connectivity index (χ0n) is 15.5. The molecule has 0 aliphatic carbocycles. The lowest BCUT2D eigenvalue weighted by atomic mass is 10.2. The molecule has 29 heavy (non-hydrogen) atoms. The minimum absolute atomic E-state index is 0.186. The van der Waals surface area contributed by atoms with E-state index < -0.39 is 0 Å². The smallest absolute Gasteiger partial charge is 0.306 e.